The van der Waals surface area contributed by atoms with Crippen LogP contribution in [0.3, 0.4) is 0 Å². The smallest absolute Gasteiger partial charge is 0.346 e. The highest BCUT2D eigenvalue weighted by Crippen LogP contribution is 2.31. The molecule has 2 N–H and O–H groups in total. The Morgan fingerprint density at radius 2 is 1.71 bits per heavy atom. The van der Waals surface area contributed by atoms with Gasteiger partial charge in [0.1, 0.15) is 4.88 Å². The molecule has 0 saturated heterocycles. The molecule has 0 atom stereocenters. The van der Waals surface area contributed by atoms with Gasteiger partial charge in [0.05, 0.1) is 0 Å². The fourth-order valence-corrected chi connectivity index (χ4v) is 3.44. The first-order valence-corrected chi connectivity index (χ1v) is 7.55. The van der Waals surface area contributed by atoms with Crippen LogP contribution in [-0.2, 0) is 13.1 Å². The van der Waals surface area contributed by atoms with E-state index in [1.54, 1.807) is 0 Å². The van der Waals surface area contributed by atoms with E-state index in [9.17, 15) is 9.90 Å². The molecule has 0 aliphatic heterocycles. The van der Waals surface area contributed by atoms with E-state index in [1.807, 2.05) is 42.5 Å². The number of carbonyl (C=O) groups is 1. The molecule has 0 unspecified atom stereocenters. The third-order valence-corrected chi connectivity index (χ3v) is 4.57. The zero-order chi connectivity index (χ0) is 14.7. The second-order valence-corrected chi connectivity index (χ2v) is 5.85. The first-order chi connectivity index (χ1) is 10.3. The van der Waals surface area contributed by atoms with Crippen molar-refractivity contribution in [2.24, 2.45) is 0 Å². The van der Waals surface area contributed by atoms with E-state index in [2.05, 4.69) is 17.4 Å². The molecule has 3 aromatic rings. The molecule has 0 radical (unpaired) electrons. The molecular weight excluding hydrogens is 282 g/mol. The minimum Gasteiger partial charge on any atom is -0.477 e. The maximum Gasteiger partial charge on any atom is 0.346 e. The van der Waals surface area contributed by atoms with E-state index in [1.165, 1.54) is 16.9 Å². The van der Waals surface area contributed by atoms with Crippen molar-refractivity contribution in [3.05, 3.63) is 70.6 Å². The molecular formula is C17H15NO2S. The average molecular weight is 297 g/mol. The van der Waals surface area contributed by atoms with Crippen molar-refractivity contribution in [1.29, 1.82) is 0 Å². The van der Waals surface area contributed by atoms with Crippen molar-refractivity contribution < 1.29 is 9.90 Å². The monoisotopic (exact) mass is 297 g/mol. The van der Waals surface area contributed by atoms with Gasteiger partial charge in [-0.15, -0.1) is 11.3 Å². The number of thiophene rings is 1. The first-order valence-electron chi connectivity index (χ1n) is 6.74. The summed E-state index contributed by atoms with van der Waals surface area (Å²) in [6.07, 6.45) is 0. The van der Waals surface area contributed by atoms with Crippen molar-refractivity contribution >= 4 is 27.4 Å². The van der Waals surface area contributed by atoms with Crippen LogP contribution in [0.25, 0.3) is 10.1 Å². The maximum absolute atomic E-state index is 11.4. The molecule has 106 valence electrons. The molecule has 0 saturated carbocycles. The van der Waals surface area contributed by atoms with E-state index in [0.29, 0.717) is 11.4 Å². The number of hydrogen-bond donors (Lipinski definition) is 2. The van der Waals surface area contributed by atoms with Gasteiger partial charge in [0.15, 0.2) is 0 Å². The topological polar surface area (TPSA) is 49.3 Å². The van der Waals surface area contributed by atoms with Gasteiger partial charge in [0.25, 0.3) is 0 Å². The normalized spacial score (nSPS) is 10.9. The van der Waals surface area contributed by atoms with E-state index in [-0.39, 0.29) is 0 Å². The van der Waals surface area contributed by atoms with Gasteiger partial charge in [0, 0.05) is 17.8 Å². The van der Waals surface area contributed by atoms with Crippen LogP contribution in [0.15, 0.2) is 54.6 Å². The quantitative estimate of drug-likeness (QED) is 0.751. The van der Waals surface area contributed by atoms with Gasteiger partial charge < -0.3 is 10.4 Å². The van der Waals surface area contributed by atoms with Crippen LogP contribution in [0.2, 0.25) is 0 Å². The van der Waals surface area contributed by atoms with Crippen LogP contribution in [0.1, 0.15) is 20.8 Å². The first kappa shape index (κ1) is 13.8. The van der Waals surface area contributed by atoms with Gasteiger partial charge in [-0.2, -0.15) is 0 Å². The maximum atomic E-state index is 11.4. The van der Waals surface area contributed by atoms with E-state index in [0.717, 1.165) is 22.2 Å². The lowest BCUT2D eigenvalue weighted by atomic mass is 10.1. The zero-order valence-electron chi connectivity index (χ0n) is 11.4. The largest absolute Gasteiger partial charge is 0.477 e. The Bertz CT molecular complexity index is 765. The zero-order valence-corrected chi connectivity index (χ0v) is 12.2. The van der Waals surface area contributed by atoms with Crippen LogP contribution in [-0.4, -0.2) is 11.1 Å². The van der Waals surface area contributed by atoms with Crippen LogP contribution in [0, 0.1) is 0 Å². The predicted octanol–water partition coefficient (Wildman–Crippen LogP) is 3.89. The number of rotatable bonds is 5. The molecule has 4 heteroatoms. The van der Waals surface area contributed by atoms with Crippen molar-refractivity contribution in [1.82, 2.24) is 5.32 Å². The van der Waals surface area contributed by atoms with Crippen molar-refractivity contribution in [2.75, 3.05) is 0 Å². The Kier molecular flexibility index (Phi) is 3.99. The SMILES string of the molecule is O=C(O)c1sc2ccccc2c1CNCc1ccccc1. The number of carboxylic acids is 1. The molecule has 0 fully saturated rings. The van der Waals surface area contributed by atoms with Gasteiger partial charge in [0.2, 0.25) is 0 Å². The fourth-order valence-electron chi connectivity index (χ4n) is 2.37. The summed E-state index contributed by atoms with van der Waals surface area (Å²) in [7, 11) is 0. The lowest BCUT2D eigenvalue weighted by molar-refractivity contribution is 0.0701. The molecule has 3 nitrogen and oxygen atoms in total. The summed E-state index contributed by atoms with van der Waals surface area (Å²) in [5.41, 5.74) is 2.06. The summed E-state index contributed by atoms with van der Waals surface area (Å²) in [6.45, 7) is 1.28. The third kappa shape index (κ3) is 2.96. The Morgan fingerprint density at radius 3 is 2.48 bits per heavy atom. The fraction of sp³-hybridized carbons (Fsp3) is 0.118. The van der Waals surface area contributed by atoms with Crippen molar-refractivity contribution in [3.63, 3.8) is 0 Å². The van der Waals surface area contributed by atoms with Crippen LogP contribution in [0.4, 0.5) is 0 Å². The molecule has 21 heavy (non-hydrogen) atoms. The van der Waals surface area contributed by atoms with E-state index in [4.69, 9.17) is 0 Å². The van der Waals surface area contributed by atoms with Gasteiger partial charge in [-0.1, -0.05) is 48.5 Å². The van der Waals surface area contributed by atoms with E-state index < -0.39 is 5.97 Å². The molecule has 1 aromatic heterocycles. The summed E-state index contributed by atoms with van der Waals surface area (Å²) in [5.74, 6) is -0.854. The molecule has 0 amide bonds. The summed E-state index contributed by atoms with van der Waals surface area (Å²) >= 11 is 1.34. The summed E-state index contributed by atoms with van der Waals surface area (Å²) in [5, 5.41) is 13.7. The Hall–Kier alpha value is -2.17. The molecule has 0 spiro atoms. The highest BCUT2D eigenvalue weighted by atomic mass is 32.1. The second kappa shape index (κ2) is 6.08. The minimum atomic E-state index is -0.854. The highest BCUT2D eigenvalue weighted by molar-refractivity contribution is 7.21. The lowest BCUT2D eigenvalue weighted by Gasteiger charge is -2.05. The molecule has 2 aromatic carbocycles. The van der Waals surface area contributed by atoms with Crippen LogP contribution in [0.5, 0.6) is 0 Å². The van der Waals surface area contributed by atoms with E-state index >= 15 is 0 Å². The number of aromatic carboxylic acids is 1. The third-order valence-electron chi connectivity index (χ3n) is 3.37. The number of hydrogen-bond acceptors (Lipinski definition) is 3. The van der Waals surface area contributed by atoms with Crippen LogP contribution < -0.4 is 5.32 Å². The summed E-state index contributed by atoms with van der Waals surface area (Å²) in [6, 6.07) is 17.9. The molecule has 0 bridgehead atoms. The van der Waals surface area contributed by atoms with Crippen molar-refractivity contribution in [2.45, 2.75) is 13.1 Å². The van der Waals surface area contributed by atoms with Gasteiger partial charge >= 0.3 is 5.97 Å². The Labute approximate surface area is 126 Å². The lowest BCUT2D eigenvalue weighted by Crippen LogP contribution is -2.14. The highest BCUT2D eigenvalue weighted by Gasteiger charge is 2.16. The van der Waals surface area contributed by atoms with Gasteiger partial charge in [-0.25, -0.2) is 4.79 Å². The number of fused-ring (bicyclic) bond motifs is 1. The Balaban J connectivity index is 1.82. The predicted molar refractivity (Wildman–Crippen MR) is 85.8 cm³/mol. The minimum absolute atomic E-state index is 0.428. The second-order valence-electron chi connectivity index (χ2n) is 4.80. The molecule has 0 aliphatic carbocycles. The standard InChI is InChI=1S/C17H15NO2S/c19-17(20)16-14(13-8-4-5-9-15(13)21-16)11-18-10-12-6-2-1-3-7-12/h1-9,18H,10-11H2,(H,19,20). The molecule has 3 rings (SSSR count). The number of carboxylic acid groups (broad SMARTS) is 1. The van der Waals surface area contributed by atoms with Crippen LogP contribution >= 0.6 is 11.3 Å². The average Bonchev–Trinajstić information content (AvgIpc) is 2.88. The Morgan fingerprint density at radius 1 is 1.00 bits per heavy atom. The molecule has 0 aliphatic rings. The summed E-state index contributed by atoms with van der Waals surface area (Å²) < 4.78 is 1.02. The van der Waals surface area contributed by atoms with Gasteiger partial charge in [-0.05, 0) is 22.6 Å². The number of benzene rings is 2. The molecule has 1 heterocycles. The van der Waals surface area contributed by atoms with Gasteiger partial charge in [-0.3, -0.25) is 0 Å². The summed E-state index contributed by atoms with van der Waals surface area (Å²) in [4.78, 5) is 11.8. The van der Waals surface area contributed by atoms with Crippen molar-refractivity contribution in [3.8, 4) is 0 Å². The number of nitrogens with one attached hydrogen (secondary N) is 1.